The lowest BCUT2D eigenvalue weighted by Gasteiger charge is -2.11. The molecule has 1 aromatic rings. The van der Waals surface area contributed by atoms with E-state index in [0.717, 1.165) is 25.1 Å². The molecular formula is C9H15N3O. The summed E-state index contributed by atoms with van der Waals surface area (Å²) in [6.45, 7) is 3.75. The Morgan fingerprint density at radius 1 is 1.69 bits per heavy atom. The normalized spacial score (nSPS) is 10.8. The lowest BCUT2D eigenvalue weighted by Crippen LogP contribution is -2.18. The molecule has 0 bridgehead atoms. The zero-order valence-corrected chi connectivity index (χ0v) is 8.32. The van der Waals surface area contributed by atoms with Gasteiger partial charge in [-0.25, -0.2) is 0 Å². The zero-order valence-electron chi connectivity index (χ0n) is 8.32. The van der Waals surface area contributed by atoms with Gasteiger partial charge in [-0.15, -0.1) is 0 Å². The molecule has 0 N–H and O–H groups in total. The molecule has 0 aromatic carbocycles. The van der Waals surface area contributed by atoms with Gasteiger partial charge in [-0.1, -0.05) is 6.92 Å². The zero-order chi connectivity index (χ0) is 9.84. The lowest BCUT2D eigenvalue weighted by atomic mass is 10.2. The second-order valence-corrected chi connectivity index (χ2v) is 3.15. The van der Waals surface area contributed by atoms with E-state index >= 15 is 0 Å². The van der Waals surface area contributed by atoms with Crippen LogP contribution in [-0.4, -0.2) is 34.6 Å². The molecule has 4 nitrogen and oxygen atoms in total. The third kappa shape index (κ3) is 2.39. The van der Waals surface area contributed by atoms with Crippen molar-refractivity contribution in [1.29, 1.82) is 0 Å². The van der Waals surface area contributed by atoms with Crippen molar-refractivity contribution in [1.82, 2.24) is 14.7 Å². The van der Waals surface area contributed by atoms with E-state index in [1.807, 2.05) is 14.1 Å². The summed E-state index contributed by atoms with van der Waals surface area (Å²) in [7, 11) is 3.83. The maximum atomic E-state index is 10.6. The van der Waals surface area contributed by atoms with E-state index in [-0.39, 0.29) is 0 Å². The third-order valence-corrected chi connectivity index (χ3v) is 2.02. The van der Waals surface area contributed by atoms with Gasteiger partial charge in [0.1, 0.15) is 0 Å². The number of aldehydes is 1. The summed E-state index contributed by atoms with van der Waals surface area (Å²) in [6.07, 6.45) is 2.59. The summed E-state index contributed by atoms with van der Waals surface area (Å²) in [5.41, 5.74) is 1.53. The number of carbonyl (C=O) groups excluding carboxylic acids is 1. The molecule has 0 saturated heterocycles. The molecule has 1 aromatic heterocycles. The molecule has 4 heteroatoms. The molecule has 1 heterocycles. The minimum absolute atomic E-state index is 0.683. The van der Waals surface area contributed by atoms with Gasteiger partial charge in [-0.2, -0.15) is 5.10 Å². The van der Waals surface area contributed by atoms with Crippen molar-refractivity contribution in [2.24, 2.45) is 7.05 Å². The van der Waals surface area contributed by atoms with E-state index in [1.165, 1.54) is 0 Å². The highest BCUT2D eigenvalue weighted by Crippen LogP contribution is 2.05. The minimum Gasteiger partial charge on any atom is -0.301 e. The van der Waals surface area contributed by atoms with Crippen molar-refractivity contribution in [3.63, 3.8) is 0 Å². The highest BCUT2D eigenvalue weighted by Gasteiger charge is 2.07. The SMILES string of the molecule is CCN(C)Cc1nn(C)cc1C=O. The van der Waals surface area contributed by atoms with E-state index < -0.39 is 0 Å². The van der Waals surface area contributed by atoms with Crippen molar-refractivity contribution < 1.29 is 4.79 Å². The van der Waals surface area contributed by atoms with E-state index in [9.17, 15) is 4.79 Å². The first kappa shape index (κ1) is 9.92. The van der Waals surface area contributed by atoms with Crippen LogP contribution in [-0.2, 0) is 13.6 Å². The van der Waals surface area contributed by atoms with E-state index in [2.05, 4.69) is 16.9 Å². The van der Waals surface area contributed by atoms with Gasteiger partial charge in [0, 0.05) is 19.8 Å². The molecule has 0 aliphatic heterocycles. The van der Waals surface area contributed by atoms with Crippen LogP contribution < -0.4 is 0 Å². The van der Waals surface area contributed by atoms with Crippen molar-refractivity contribution in [2.75, 3.05) is 13.6 Å². The molecule has 0 amide bonds. The Kier molecular flexibility index (Phi) is 3.19. The molecule has 0 aliphatic carbocycles. The number of nitrogens with zero attached hydrogens (tertiary/aromatic N) is 3. The molecular weight excluding hydrogens is 166 g/mol. The summed E-state index contributed by atoms with van der Waals surface area (Å²) in [5, 5.41) is 4.21. The van der Waals surface area contributed by atoms with Crippen LogP contribution in [0.1, 0.15) is 23.0 Å². The fourth-order valence-corrected chi connectivity index (χ4v) is 1.14. The lowest BCUT2D eigenvalue weighted by molar-refractivity contribution is 0.112. The van der Waals surface area contributed by atoms with Crippen molar-refractivity contribution in [2.45, 2.75) is 13.5 Å². The molecule has 0 radical (unpaired) electrons. The van der Waals surface area contributed by atoms with Crippen LogP contribution in [0.5, 0.6) is 0 Å². The van der Waals surface area contributed by atoms with Gasteiger partial charge >= 0.3 is 0 Å². The van der Waals surface area contributed by atoms with E-state index in [0.29, 0.717) is 5.56 Å². The average molecular weight is 181 g/mol. The van der Waals surface area contributed by atoms with Crippen LogP contribution in [0.3, 0.4) is 0 Å². The molecule has 0 spiro atoms. The summed E-state index contributed by atoms with van der Waals surface area (Å²) in [6, 6.07) is 0. The molecule has 0 fully saturated rings. The van der Waals surface area contributed by atoms with Crippen LogP contribution in [0.2, 0.25) is 0 Å². The fourth-order valence-electron chi connectivity index (χ4n) is 1.14. The summed E-state index contributed by atoms with van der Waals surface area (Å²) >= 11 is 0. The Labute approximate surface area is 78.1 Å². The van der Waals surface area contributed by atoms with Crippen molar-refractivity contribution in [3.05, 3.63) is 17.5 Å². The topological polar surface area (TPSA) is 38.1 Å². The number of hydrogen-bond donors (Lipinski definition) is 0. The van der Waals surface area contributed by atoms with E-state index in [4.69, 9.17) is 0 Å². The van der Waals surface area contributed by atoms with Crippen LogP contribution in [0.4, 0.5) is 0 Å². The van der Waals surface area contributed by atoms with Gasteiger partial charge in [0.15, 0.2) is 6.29 Å². The average Bonchev–Trinajstić information content (AvgIpc) is 2.46. The summed E-state index contributed by atoms with van der Waals surface area (Å²) < 4.78 is 1.67. The van der Waals surface area contributed by atoms with Gasteiger partial charge in [-0.05, 0) is 13.6 Å². The van der Waals surface area contributed by atoms with Gasteiger partial charge in [-0.3, -0.25) is 9.48 Å². The molecule has 13 heavy (non-hydrogen) atoms. The first-order valence-corrected chi connectivity index (χ1v) is 4.33. The largest absolute Gasteiger partial charge is 0.301 e. The van der Waals surface area contributed by atoms with Crippen LogP contribution in [0, 0.1) is 0 Å². The highest BCUT2D eigenvalue weighted by molar-refractivity contribution is 5.75. The Hall–Kier alpha value is -1.16. The Bertz CT molecular complexity index is 293. The number of aryl methyl sites for hydroxylation is 1. The second-order valence-electron chi connectivity index (χ2n) is 3.15. The first-order valence-electron chi connectivity index (χ1n) is 4.33. The van der Waals surface area contributed by atoms with Crippen LogP contribution >= 0.6 is 0 Å². The molecule has 0 unspecified atom stereocenters. The smallest absolute Gasteiger partial charge is 0.153 e. The predicted octanol–water partition coefficient (Wildman–Crippen LogP) is 0.684. The first-order chi connectivity index (χ1) is 6.17. The molecule has 0 atom stereocenters. The highest BCUT2D eigenvalue weighted by atomic mass is 16.1. The van der Waals surface area contributed by atoms with Crippen LogP contribution in [0.25, 0.3) is 0 Å². The molecule has 72 valence electrons. The fraction of sp³-hybridized carbons (Fsp3) is 0.556. The van der Waals surface area contributed by atoms with Gasteiger partial charge < -0.3 is 4.90 Å². The summed E-state index contributed by atoms with van der Waals surface area (Å²) in [5.74, 6) is 0. The Morgan fingerprint density at radius 2 is 2.38 bits per heavy atom. The van der Waals surface area contributed by atoms with Gasteiger partial charge in [0.05, 0.1) is 11.3 Å². The number of aromatic nitrogens is 2. The van der Waals surface area contributed by atoms with Gasteiger partial charge in [0.25, 0.3) is 0 Å². The van der Waals surface area contributed by atoms with Gasteiger partial charge in [0.2, 0.25) is 0 Å². The molecule has 0 aliphatic rings. The second kappa shape index (κ2) is 4.18. The quantitative estimate of drug-likeness (QED) is 0.641. The number of carbonyl (C=O) groups is 1. The third-order valence-electron chi connectivity index (χ3n) is 2.02. The van der Waals surface area contributed by atoms with Crippen LogP contribution in [0.15, 0.2) is 6.20 Å². The Balaban J connectivity index is 2.80. The molecule has 1 rings (SSSR count). The molecule has 0 saturated carbocycles. The van der Waals surface area contributed by atoms with Crippen molar-refractivity contribution >= 4 is 6.29 Å². The van der Waals surface area contributed by atoms with Crippen molar-refractivity contribution in [3.8, 4) is 0 Å². The standard InChI is InChI=1S/C9H15N3O/c1-4-11(2)6-9-8(7-13)5-12(3)10-9/h5,7H,4,6H2,1-3H3. The summed E-state index contributed by atoms with van der Waals surface area (Å²) in [4.78, 5) is 12.7. The number of hydrogen-bond acceptors (Lipinski definition) is 3. The number of rotatable bonds is 4. The monoisotopic (exact) mass is 181 g/mol. The van der Waals surface area contributed by atoms with E-state index in [1.54, 1.807) is 10.9 Å². The Morgan fingerprint density at radius 3 is 2.92 bits per heavy atom. The maximum absolute atomic E-state index is 10.6. The predicted molar refractivity (Wildman–Crippen MR) is 50.6 cm³/mol. The maximum Gasteiger partial charge on any atom is 0.153 e. The minimum atomic E-state index is 0.683.